The van der Waals surface area contributed by atoms with Gasteiger partial charge in [0.2, 0.25) is 0 Å². The van der Waals surface area contributed by atoms with Gasteiger partial charge in [-0.15, -0.1) is 0 Å². The Kier molecular flexibility index (Phi) is 7.56. The predicted molar refractivity (Wildman–Crippen MR) is 86.3 cm³/mol. The van der Waals surface area contributed by atoms with Crippen LogP contribution in [-0.4, -0.2) is 18.0 Å². The molecular weight excluding hydrogens is 230 g/mol. The van der Waals surface area contributed by atoms with Crippen molar-refractivity contribution in [1.82, 2.24) is 4.90 Å². The monoisotopic (exact) mass is 265 g/mol. The second kappa shape index (κ2) is 8.66. The first-order valence-corrected chi connectivity index (χ1v) is 8.52. The molecule has 19 heavy (non-hydrogen) atoms. The van der Waals surface area contributed by atoms with Gasteiger partial charge in [0.1, 0.15) is 0 Å². The van der Waals surface area contributed by atoms with E-state index in [2.05, 4.69) is 39.5 Å². The summed E-state index contributed by atoms with van der Waals surface area (Å²) in [5.41, 5.74) is 3.26. The molecule has 0 saturated heterocycles. The summed E-state index contributed by atoms with van der Waals surface area (Å²) in [4.78, 5) is 2.72. The Balaban J connectivity index is 2.72. The average molecular weight is 265 g/mol. The number of hydrogen-bond donors (Lipinski definition) is 0. The summed E-state index contributed by atoms with van der Waals surface area (Å²) in [6.45, 7) is 14.2. The summed E-state index contributed by atoms with van der Waals surface area (Å²) in [6, 6.07) is 0. The zero-order chi connectivity index (χ0) is 14.3. The van der Waals surface area contributed by atoms with Gasteiger partial charge in [-0.2, -0.15) is 0 Å². The van der Waals surface area contributed by atoms with Crippen LogP contribution in [0, 0.1) is 11.8 Å². The van der Waals surface area contributed by atoms with Crippen molar-refractivity contribution in [2.75, 3.05) is 13.1 Å². The van der Waals surface area contributed by atoms with Crippen molar-refractivity contribution in [2.45, 2.75) is 79.6 Å². The van der Waals surface area contributed by atoms with Crippen LogP contribution in [-0.2, 0) is 0 Å². The topological polar surface area (TPSA) is 3.24 Å². The molecular formula is C18H35N. The SMILES string of the molecule is CCCN(CCC(C)CC)C(=C(C)C)C1CCCC1. The summed E-state index contributed by atoms with van der Waals surface area (Å²) >= 11 is 0. The van der Waals surface area contributed by atoms with Gasteiger partial charge in [0.15, 0.2) is 0 Å². The number of allylic oxidation sites excluding steroid dienone is 2. The van der Waals surface area contributed by atoms with E-state index in [1.807, 2.05) is 0 Å². The third-order valence-electron chi connectivity index (χ3n) is 4.68. The van der Waals surface area contributed by atoms with Crippen LogP contribution < -0.4 is 0 Å². The van der Waals surface area contributed by atoms with Gasteiger partial charge >= 0.3 is 0 Å². The Morgan fingerprint density at radius 1 is 1.11 bits per heavy atom. The van der Waals surface area contributed by atoms with Crippen LogP contribution in [0.3, 0.4) is 0 Å². The molecule has 0 amide bonds. The summed E-state index contributed by atoms with van der Waals surface area (Å²) in [7, 11) is 0. The summed E-state index contributed by atoms with van der Waals surface area (Å²) in [5.74, 6) is 1.72. The molecule has 1 saturated carbocycles. The highest BCUT2D eigenvalue weighted by Crippen LogP contribution is 2.35. The molecule has 1 aliphatic rings. The lowest BCUT2D eigenvalue weighted by atomic mass is 9.97. The largest absolute Gasteiger partial charge is 0.375 e. The molecule has 0 spiro atoms. The molecule has 0 heterocycles. The predicted octanol–water partition coefficient (Wildman–Crippen LogP) is 5.62. The smallest absolute Gasteiger partial charge is 0.0177 e. The first-order valence-electron chi connectivity index (χ1n) is 8.52. The molecule has 0 N–H and O–H groups in total. The maximum atomic E-state index is 2.72. The van der Waals surface area contributed by atoms with Gasteiger partial charge in [0, 0.05) is 18.8 Å². The Morgan fingerprint density at radius 2 is 1.74 bits per heavy atom. The molecule has 1 rings (SSSR count). The van der Waals surface area contributed by atoms with Crippen molar-refractivity contribution in [3.63, 3.8) is 0 Å². The minimum Gasteiger partial charge on any atom is -0.375 e. The molecule has 1 atom stereocenters. The molecule has 0 aromatic carbocycles. The number of hydrogen-bond acceptors (Lipinski definition) is 1. The molecule has 0 aromatic heterocycles. The van der Waals surface area contributed by atoms with Crippen LogP contribution in [0.5, 0.6) is 0 Å². The van der Waals surface area contributed by atoms with Crippen LogP contribution in [0.15, 0.2) is 11.3 Å². The van der Waals surface area contributed by atoms with E-state index in [0.717, 1.165) is 11.8 Å². The molecule has 1 aliphatic carbocycles. The zero-order valence-electron chi connectivity index (χ0n) is 14.0. The molecule has 0 bridgehead atoms. The van der Waals surface area contributed by atoms with Crippen molar-refractivity contribution in [1.29, 1.82) is 0 Å². The normalized spacial score (nSPS) is 17.5. The quantitative estimate of drug-likeness (QED) is 0.550. The van der Waals surface area contributed by atoms with Crippen molar-refractivity contribution in [3.05, 3.63) is 11.3 Å². The highest BCUT2D eigenvalue weighted by Gasteiger charge is 2.24. The molecule has 0 aliphatic heterocycles. The van der Waals surface area contributed by atoms with Gasteiger partial charge in [-0.05, 0) is 51.4 Å². The van der Waals surface area contributed by atoms with Gasteiger partial charge in [0.25, 0.3) is 0 Å². The molecule has 1 fully saturated rings. The van der Waals surface area contributed by atoms with Gasteiger partial charge in [0.05, 0.1) is 0 Å². The van der Waals surface area contributed by atoms with E-state index in [1.54, 1.807) is 11.3 Å². The third kappa shape index (κ3) is 5.20. The van der Waals surface area contributed by atoms with Gasteiger partial charge < -0.3 is 4.90 Å². The van der Waals surface area contributed by atoms with Crippen LogP contribution in [0.2, 0.25) is 0 Å². The molecule has 1 unspecified atom stereocenters. The lowest BCUT2D eigenvalue weighted by molar-refractivity contribution is 0.275. The average Bonchev–Trinajstić information content (AvgIpc) is 2.89. The van der Waals surface area contributed by atoms with E-state index >= 15 is 0 Å². The fourth-order valence-corrected chi connectivity index (χ4v) is 3.38. The first-order chi connectivity index (χ1) is 9.10. The van der Waals surface area contributed by atoms with E-state index in [4.69, 9.17) is 0 Å². The Hall–Kier alpha value is -0.460. The van der Waals surface area contributed by atoms with Gasteiger partial charge in [-0.3, -0.25) is 0 Å². The second-order valence-corrected chi connectivity index (χ2v) is 6.66. The van der Waals surface area contributed by atoms with Crippen molar-refractivity contribution in [2.24, 2.45) is 11.8 Å². The lowest BCUT2D eigenvalue weighted by Crippen LogP contribution is -2.30. The Bertz CT molecular complexity index is 269. The maximum Gasteiger partial charge on any atom is 0.0177 e. The molecule has 1 heteroatoms. The van der Waals surface area contributed by atoms with Gasteiger partial charge in [-0.1, -0.05) is 45.6 Å². The van der Waals surface area contributed by atoms with E-state index in [1.165, 1.54) is 58.0 Å². The zero-order valence-corrected chi connectivity index (χ0v) is 14.0. The number of nitrogens with zero attached hydrogens (tertiary/aromatic N) is 1. The minimum atomic E-state index is 0.855. The lowest BCUT2D eigenvalue weighted by Gasteiger charge is -2.33. The van der Waals surface area contributed by atoms with E-state index in [0.29, 0.717) is 0 Å². The van der Waals surface area contributed by atoms with Crippen molar-refractivity contribution < 1.29 is 0 Å². The molecule has 112 valence electrons. The maximum absolute atomic E-state index is 2.72. The third-order valence-corrected chi connectivity index (χ3v) is 4.68. The number of rotatable bonds is 8. The van der Waals surface area contributed by atoms with Crippen molar-refractivity contribution >= 4 is 0 Å². The van der Waals surface area contributed by atoms with Crippen LogP contribution in [0.25, 0.3) is 0 Å². The fourth-order valence-electron chi connectivity index (χ4n) is 3.38. The van der Waals surface area contributed by atoms with Crippen LogP contribution >= 0.6 is 0 Å². The van der Waals surface area contributed by atoms with E-state index < -0.39 is 0 Å². The van der Waals surface area contributed by atoms with Gasteiger partial charge in [-0.25, -0.2) is 0 Å². The summed E-state index contributed by atoms with van der Waals surface area (Å²) in [5, 5.41) is 0. The highest BCUT2D eigenvalue weighted by molar-refractivity contribution is 5.14. The highest BCUT2D eigenvalue weighted by atomic mass is 15.1. The molecule has 0 aromatic rings. The standard InChI is InChI=1S/C18H35N/c1-6-13-19(14-12-16(5)7-2)18(15(3)4)17-10-8-9-11-17/h16-17H,6-14H2,1-5H3. The Labute approximate surface area is 121 Å². The fraction of sp³-hybridized carbons (Fsp3) is 0.889. The molecule has 0 radical (unpaired) electrons. The minimum absolute atomic E-state index is 0.855. The molecule has 1 nitrogen and oxygen atoms in total. The Morgan fingerprint density at radius 3 is 2.21 bits per heavy atom. The first kappa shape index (κ1) is 16.6. The van der Waals surface area contributed by atoms with E-state index in [-0.39, 0.29) is 0 Å². The van der Waals surface area contributed by atoms with E-state index in [9.17, 15) is 0 Å². The summed E-state index contributed by atoms with van der Waals surface area (Å²) in [6.07, 6.45) is 9.64. The summed E-state index contributed by atoms with van der Waals surface area (Å²) < 4.78 is 0. The second-order valence-electron chi connectivity index (χ2n) is 6.66. The van der Waals surface area contributed by atoms with Crippen LogP contribution in [0.4, 0.5) is 0 Å². The van der Waals surface area contributed by atoms with Crippen molar-refractivity contribution in [3.8, 4) is 0 Å². The van der Waals surface area contributed by atoms with Crippen LogP contribution in [0.1, 0.15) is 79.6 Å².